The summed E-state index contributed by atoms with van der Waals surface area (Å²) >= 11 is 0. The summed E-state index contributed by atoms with van der Waals surface area (Å²) < 4.78 is 4.50. The van der Waals surface area contributed by atoms with E-state index in [4.69, 9.17) is 4.98 Å². The smallest absolute Gasteiger partial charge is 0.259 e. The highest BCUT2D eigenvalue weighted by molar-refractivity contribution is 6.05. The number of benzene rings is 2. The number of rotatable bonds is 0. The maximum Gasteiger partial charge on any atom is 0.269 e. The van der Waals surface area contributed by atoms with Gasteiger partial charge in [-0.25, -0.2) is 4.98 Å². The minimum atomic E-state index is 0.226. The molecular weight excluding hydrogens is 260 g/mol. The lowest BCUT2D eigenvalue weighted by molar-refractivity contribution is -0.706. The lowest BCUT2D eigenvalue weighted by Gasteiger charge is -2.05. The Balaban J connectivity index is 1.96. The Labute approximate surface area is 121 Å². The van der Waals surface area contributed by atoms with Crippen molar-refractivity contribution >= 4 is 21.8 Å². The molecule has 2 aromatic heterocycles. The molecule has 0 N–H and O–H groups in total. The zero-order valence-electron chi connectivity index (χ0n) is 11.6. The van der Waals surface area contributed by atoms with E-state index in [9.17, 15) is 0 Å². The van der Waals surface area contributed by atoms with Crippen LogP contribution in [0, 0.1) is 0 Å². The molecule has 0 spiro atoms. The van der Waals surface area contributed by atoms with Crippen molar-refractivity contribution in [3.05, 3.63) is 55.0 Å². The third kappa shape index (κ3) is 1.27. The van der Waals surface area contributed by atoms with E-state index in [2.05, 4.69) is 57.4 Å². The highest BCUT2D eigenvalue weighted by Gasteiger charge is 2.36. The molecule has 2 aromatic carbocycles. The second-order valence-corrected chi connectivity index (χ2v) is 5.46. The first-order valence-corrected chi connectivity index (χ1v) is 7.10. The van der Waals surface area contributed by atoms with Crippen LogP contribution in [0.25, 0.3) is 33.3 Å². The van der Waals surface area contributed by atoms with Crippen molar-refractivity contribution in [2.75, 3.05) is 0 Å². The molecule has 0 fully saturated rings. The maximum atomic E-state index is 4.92. The number of nitrogens with zero attached hydrogens (tertiary/aromatic N) is 4. The molecule has 1 aliphatic heterocycles. The Morgan fingerprint density at radius 2 is 2.05 bits per heavy atom. The summed E-state index contributed by atoms with van der Waals surface area (Å²) in [7, 11) is 0. The molecule has 0 amide bonds. The van der Waals surface area contributed by atoms with Crippen LogP contribution in [0.15, 0.2) is 55.0 Å². The SMILES string of the molecule is CC1n2c(nc3c4ccccc4ccc32)-c2cncc[n+]21. The average Bonchev–Trinajstić information content (AvgIpc) is 3.05. The highest BCUT2D eigenvalue weighted by atomic mass is 15.3. The van der Waals surface area contributed by atoms with Crippen LogP contribution in [0.4, 0.5) is 0 Å². The van der Waals surface area contributed by atoms with Gasteiger partial charge in [-0.15, -0.1) is 0 Å². The number of hydrogen-bond acceptors (Lipinski definition) is 2. The first kappa shape index (κ1) is 11.0. The summed E-state index contributed by atoms with van der Waals surface area (Å²) in [4.78, 5) is 9.16. The van der Waals surface area contributed by atoms with Crippen molar-refractivity contribution < 1.29 is 4.57 Å². The van der Waals surface area contributed by atoms with E-state index in [1.165, 1.54) is 16.3 Å². The van der Waals surface area contributed by atoms with E-state index in [1.54, 1.807) is 0 Å². The van der Waals surface area contributed by atoms with Crippen molar-refractivity contribution in [1.29, 1.82) is 0 Å². The number of fused-ring (bicyclic) bond motifs is 7. The topological polar surface area (TPSA) is 34.6 Å². The maximum absolute atomic E-state index is 4.92. The molecule has 0 bridgehead atoms. The van der Waals surface area contributed by atoms with Gasteiger partial charge in [0.2, 0.25) is 12.0 Å². The normalized spacial score (nSPS) is 16.3. The Kier molecular flexibility index (Phi) is 1.91. The first-order chi connectivity index (χ1) is 10.3. The minimum absolute atomic E-state index is 0.226. The standard InChI is InChI=1S/C17H13N4/c1-11-20-9-8-18-10-15(20)17-19-16-13-5-3-2-4-12(13)6-7-14(16)21(11)17/h2-11H,1H3/q+1. The van der Waals surface area contributed by atoms with Crippen LogP contribution in [-0.4, -0.2) is 14.5 Å². The fourth-order valence-electron chi connectivity index (χ4n) is 3.38. The lowest BCUT2D eigenvalue weighted by Crippen LogP contribution is -2.38. The van der Waals surface area contributed by atoms with Gasteiger partial charge in [0.1, 0.15) is 6.20 Å². The van der Waals surface area contributed by atoms with E-state index in [1.807, 2.05) is 18.6 Å². The van der Waals surface area contributed by atoms with Gasteiger partial charge in [-0.2, -0.15) is 4.57 Å². The van der Waals surface area contributed by atoms with Crippen LogP contribution in [0.3, 0.4) is 0 Å². The van der Waals surface area contributed by atoms with E-state index < -0.39 is 0 Å². The molecule has 1 unspecified atom stereocenters. The van der Waals surface area contributed by atoms with E-state index in [0.29, 0.717) is 0 Å². The average molecular weight is 273 g/mol. The number of hydrogen-bond donors (Lipinski definition) is 0. The van der Waals surface area contributed by atoms with Crippen molar-refractivity contribution in [3.63, 3.8) is 0 Å². The summed E-state index contributed by atoms with van der Waals surface area (Å²) in [6, 6.07) is 12.8. The molecule has 0 radical (unpaired) electrons. The monoisotopic (exact) mass is 273 g/mol. The third-order valence-electron chi connectivity index (χ3n) is 4.38. The molecular formula is C17H13N4+. The van der Waals surface area contributed by atoms with Crippen molar-refractivity contribution in [2.24, 2.45) is 0 Å². The molecule has 4 aromatic rings. The molecule has 3 heterocycles. The minimum Gasteiger partial charge on any atom is -0.259 e. The van der Waals surface area contributed by atoms with Crippen molar-refractivity contribution in [2.45, 2.75) is 13.1 Å². The third-order valence-corrected chi connectivity index (χ3v) is 4.38. The molecule has 100 valence electrons. The molecule has 5 rings (SSSR count). The van der Waals surface area contributed by atoms with Crippen LogP contribution < -0.4 is 4.57 Å². The predicted octanol–water partition coefficient (Wildman–Crippen LogP) is 2.92. The van der Waals surface area contributed by atoms with Crippen molar-refractivity contribution in [1.82, 2.24) is 14.5 Å². The Morgan fingerprint density at radius 3 is 3.00 bits per heavy atom. The van der Waals surface area contributed by atoms with Gasteiger partial charge in [-0.05, 0) is 11.5 Å². The largest absolute Gasteiger partial charge is 0.269 e. The van der Waals surface area contributed by atoms with Crippen molar-refractivity contribution in [3.8, 4) is 11.5 Å². The molecule has 4 heteroatoms. The van der Waals surface area contributed by atoms with Crippen LogP contribution in [-0.2, 0) is 0 Å². The fraction of sp³-hybridized carbons (Fsp3) is 0.118. The Hall–Kier alpha value is -2.75. The lowest BCUT2D eigenvalue weighted by atomic mass is 10.1. The molecule has 1 aliphatic rings. The summed E-state index contributed by atoms with van der Waals surface area (Å²) in [5, 5.41) is 2.44. The van der Waals surface area contributed by atoms with Crippen LogP contribution in [0.5, 0.6) is 0 Å². The second-order valence-electron chi connectivity index (χ2n) is 5.46. The Morgan fingerprint density at radius 1 is 1.14 bits per heavy atom. The van der Waals surface area contributed by atoms with Gasteiger partial charge in [0.05, 0.1) is 17.2 Å². The number of imidazole rings is 1. The highest BCUT2D eigenvalue weighted by Crippen LogP contribution is 2.33. The van der Waals surface area contributed by atoms with Crippen LogP contribution in [0.1, 0.15) is 13.1 Å². The Bertz CT molecular complexity index is 1020. The quantitative estimate of drug-likeness (QED) is 0.462. The predicted molar refractivity (Wildman–Crippen MR) is 80.8 cm³/mol. The van der Waals surface area contributed by atoms with Gasteiger partial charge in [-0.1, -0.05) is 30.3 Å². The fourth-order valence-corrected chi connectivity index (χ4v) is 3.38. The van der Waals surface area contributed by atoms with Gasteiger partial charge in [0.25, 0.3) is 5.69 Å². The van der Waals surface area contributed by atoms with E-state index in [-0.39, 0.29) is 6.17 Å². The zero-order valence-corrected chi connectivity index (χ0v) is 11.6. The van der Waals surface area contributed by atoms with Gasteiger partial charge in [0.15, 0.2) is 6.20 Å². The first-order valence-electron chi connectivity index (χ1n) is 7.10. The molecule has 1 atom stereocenters. The zero-order chi connectivity index (χ0) is 14.0. The number of aromatic nitrogens is 4. The molecule has 0 saturated heterocycles. The van der Waals surface area contributed by atoms with E-state index in [0.717, 1.165) is 17.0 Å². The van der Waals surface area contributed by atoms with Gasteiger partial charge < -0.3 is 0 Å². The molecule has 4 nitrogen and oxygen atoms in total. The molecule has 0 aliphatic carbocycles. The van der Waals surface area contributed by atoms with Crippen LogP contribution >= 0.6 is 0 Å². The second kappa shape index (κ2) is 3.67. The summed E-state index contributed by atoms with van der Waals surface area (Å²) in [6.07, 6.45) is 5.96. The molecule has 0 saturated carbocycles. The van der Waals surface area contributed by atoms with Crippen LogP contribution in [0.2, 0.25) is 0 Å². The summed E-state index contributed by atoms with van der Waals surface area (Å²) in [5.41, 5.74) is 3.33. The summed E-state index contributed by atoms with van der Waals surface area (Å²) in [5.74, 6) is 1.00. The van der Waals surface area contributed by atoms with Gasteiger partial charge >= 0.3 is 0 Å². The summed E-state index contributed by atoms with van der Waals surface area (Å²) in [6.45, 7) is 2.19. The van der Waals surface area contributed by atoms with E-state index >= 15 is 0 Å². The molecule has 21 heavy (non-hydrogen) atoms. The van der Waals surface area contributed by atoms with Gasteiger partial charge in [0, 0.05) is 12.3 Å². The van der Waals surface area contributed by atoms with Gasteiger partial charge in [-0.3, -0.25) is 9.55 Å².